The zero-order valence-corrected chi connectivity index (χ0v) is 13.0. The highest BCUT2D eigenvalue weighted by atomic mass is 31.2. The molecule has 0 aliphatic heterocycles. The second-order valence-electron chi connectivity index (χ2n) is 5.74. The fourth-order valence-corrected chi connectivity index (χ4v) is 4.07. The molecule has 1 atom stereocenters. The molecular weight excluding hydrogens is 265 g/mol. The first-order valence-corrected chi connectivity index (χ1v) is 8.36. The van der Waals surface area contributed by atoms with Crippen molar-refractivity contribution in [3.8, 4) is 0 Å². The van der Waals surface area contributed by atoms with E-state index < -0.39 is 12.4 Å². The van der Waals surface area contributed by atoms with Crippen LogP contribution in [-0.2, 0) is 4.57 Å². The minimum Gasteiger partial charge on any atom is -0.293 e. The van der Waals surface area contributed by atoms with Crippen molar-refractivity contribution in [3.63, 3.8) is 0 Å². The Kier molecular flexibility index (Phi) is 4.25. The molecule has 20 heavy (non-hydrogen) atoms. The first kappa shape index (κ1) is 14.7. The van der Waals surface area contributed by atoms with Crippen LogP contribution < -0.4 is 5.30 Å². The summed E-state index contributed by atoms with van der Waals surface area (Å²) in [6, 6.07) is 19.3. The summed E-state index contributed by atoms with van der Waals surface area (Å²) in [5, 5.41) is 0.402. The summed E-state index contributed by atoms with van der Waals surface area (Å²) in [4.78, 5) is 0. The van der Waals surface area contributed by atoms with Gasteiger partial charge in [0.1, 0.15) is 0 Å². The van der Waals surface area contributed by atoms with Crippen molar-refractivity contribution in [2.24, 2.45) is 4.76 Å². The van der Waals surface area contributed by atoms with E-state index >= 15 is 0 Å². The van der Waals surface area contributed by atoms with E-state index in [1.807, 2.05) is 81.4 Å². The molecule has 0 aliphatic carbocycles. The third-order valence-corrected chi connectivity index (χ3v) is 6.44. The average molecular weight is 285 g/mol. The molecule has 2 aromatic carbocycles. The van der Waals surface area contributed by atoms with Gasteiger partial charge in [0.25, 0.3) is 0 Å². The molecule has 0 unspecified atom stereocenters. The van der Waals surface area contributed by atoms with Crippen LogP contribution in [0.1, 0.15) is 26.3 Å². The van der Waals surface area contributed by atoms with Gasteiger partial charge in [0.15, 0.2) is 0 Å². The van der Waals surface area contributed by atoms with Crippen LogP contribution in [0.5, 0.6) is 0 Å². The van der Waals surface area contributed by atoms with Gasteiger partial charge in [-0.15, -0.1) is 0 Å². The first-order chi connectivity index (χ1) is 9.43. The van der Waals surface area contributed by atoms with E-state index in [0.717, 1.165) is 10.9 Å². The lowest BCUT2D eigenvalue weighted by Gasteiger charge is -2.27. The quantitative estimate of drug-likeness (QED) is 0.602. The van der Waals surface area contributed by atoms with Crippen LogP contribution in [0.3, 0.4) is 0 Å². The molecular formula is C17H20NOP. The maximum absolute atomic E-state index is 13.4. The van der Waals surface area contributed by atoms with Crippen LogP contribution in [0, 0.1) is 0 Å². The molecule has 0 fully saturated rings. The van der Waals surface area contributed by atoms with E-state index in [2.05, 4.69) is 4.76 Å². The highest BCUT2D eigenvalue weighted by Crippen LogP contribution is 2.57. The van der Waals surface area contributed by atoms with Gasteiger partial charge in [0.05, 0.1) is 0 Å². The molecule has 2 rings (SSSR count). The summed E-state index contributed by atoms with van der Waals surface area (Å²) in [6.07, 6.45) is 1.72. The van der Waals surface area contributed by atoms with Gasteiger partial charge in [-0.05, 0) is 17.7 Å². The van der Waals surface area contributed by atoms with Crippen LogP contribution in [0.25, 0.3) is 0 Å². The summed E-state index contributed by atoms with van der Waals surface area (Å²) in [5.41, 5.74) is 0.966. The molecule has 0 aromatic heterocycles. The van der Waals surface area contributed by atoms with E-state index in [1.165, 1.54) is 0 Å². The molecule has 3 heteroatoms. The Morgan fingerprint density at radius 2 is 1.40 bits per heavy atom. The molecule has 0 saturated carbocycles. The van der Waals surface area contributed by atoms with Crippen LogP contribution in [-0.4, -0.2) is 11.4 Å². The van der Waals surface area contributed by atoms with E-state index in [-0.39, 0.29) is 0 Å². The zero-order valence-electron chi connectivity index (χ0n) is 12.2. The Labute approximate surface area is 121 Å². The molecule has 2 nitrogen and oxygen atoms in total. The largest absolute Gasteiger partial charge is 0.293 e. The summed E-state index contributed by atoms with van der Waals surface area (Å²) in [6.45, 7) is 5.93. The van der Waals surface area contributed by atoms with Gasteiger partial charge >= 0.3 is 0 Å². The van der Waals surface area contributed by atoms with E-state index in [1.54, 1.807) is 6.21 Å². The summed E-state index contributed by atoms with van der Waals surface area (Å²) < 4.78 is 17.9. The Morgan fingerprint density at radius 1 is 0.900 bits per heavy atom. The maximum Gasteiger partial charge on any atom is 0.223 e. The molecule has 104 valence electrons. The highest BCUT2D eigenvalue weighted by molar-refractivity contribution is 7.71. The first-order valence-electron chi connectivity index (χ1n) is 6.70. The smallest absolute Gasteiger partial charge is 0.223 e. The Hall–Kier alpha value is -1.66. The molecule has 0 spiro atoms. The van der Waals surface area contributed by atoms with Gasteiger partial charge in [0.2, 0.25) is 7.29 Å². The molecule has 0 amide bonds. The molecule has 0 aliphatic rings. The minimum absolute atomic E-state index is 0.403. The van der Waals surface area contributed by atoms with Gasteiger partial charge in [0, 0.05) is 16.7 Å². The van der Waals surface area contributed by atoms with Gasteiger partial charge in [-0.3, -0.25) is 4.57 Å². The Bertz CT molecular complexity index is 627. The van der Waals surface area contributed by atoms with Crippen molar-refractivity contribution >= 4 is 18.8 Å². The highest BCUT2D eigenvalue weighted by Gasteiger charge is 2.37. The molecule has 0 radical (unpaired) electrons. The van der Waals surface area contributed by atoms with E-state index in [4.69, 9.17) is 0 Å². The van der Waals surface area contributed by atoms with E-state index in [0.29, 0.717) is 0 Å². The van der Waals surface area contributed by atoms with Gasteiger partial charge in [-0.2, -0.15) is 0 Å². The second kappa shape index (κ2) is 5.76. The second-order valence-corrected chi connectivity index (χ2v) is 8.98. The molecule has 0 bridgehead atoms. The molecule has 0 heterocycles. The molecule has 0 N–H and O–H groups in total. The fraction of sp³-hybridized carbons (Fsp3) is 0.235. The third-order valence-electron chi connectivity index (χ3n) is 3.18. The van der Waals surface area contributed by atoms with Crippen LogP contribution in [0.4, 0.5) is 0 Å². The van der Waals surface area contributed by atoms with Crippen molar-refractivity contribution < 1.29 is 4.57 Å². The predicted octanol–water partition coefficient (Wildman–Crippen LogP) is 4.51. The van der Waals surface area contributed by atoms with Gasteiger partial charge in [-0.25, -0.2) is 4.76 Å². The fourth-order valence-electron chi connectivity index (χ4n) is 1.94. The number of hydrogen-bond donors (Lipinski definition) is 0. The van der Waals surface area contributed by atoms with Gasteiger partial charge in [-0.1, -0.05) is 69.3 Å². The Morgan fingerprint density at radius 3 is 1.90 bits per heavy atom. The van der Waals surface area contributed by atoms with Crippen molar-refractivity contribution in [1.82, 2.24) is 0 Å². The number of benzene rings is 2. The standard InChI is InChI=1S/C17H20NOP/c1-17(2,3)20(19,16-12-8-5-9-13-16)18-14-15-10-6-4-7-11-15/h4-14H,1-3H3/t20-/m1/s1. The molecule has 0 saturated heterocycles. The van der Waals surface area contributed by atoms with Crippen molar-refractivity contribution in [1.29, 1.82) is 0 Å². The number of hydrogen-bond acceptors (Lipinski definition) is 1. The minimum atomic E-state index is -2.85. The summed E-state index contributed by atoms with van der Waals surface area (Å²) in [7, 11) is -2.85. The lowest BCUT2D eigenvalue weighted by Crippen LogP contribution is -2.21. The van der Waals surface area contributed by atoms with Gasteiger partial charge < -0.3 is 0 Å². The predicted molar refractivity (Wildman–Crippen MR) is 87.5 cm³/mol. The zero-order chi connectivity index (χ0) is 14.6. The number of nitrogens with zero attached hydrogens (tertiary/aromatic N) is 1. The van der Waals surface area contributed by atoms with Crippen LogP contribution >= 0.6 is 7.29 Å². The maximum atomic E-state index is 13.4. The number of rotatable bonds is 3. The van der Waals surface area contributed by atoms with Crippen LogP contribution in [0.15, 0.2) is 65.4 Å². The van der Waals surface area contributed by atoms with Crippen molar-refractivity contribution in [2.45, 2.75) is 25.9 Å². The van der Waals surface area contributed by atoms with Crippen LogP contribution in [0.2, 0.25) is 0 Å². The van der Waals surface area contributed by atoms with Crippen molar-refractivity contribution in [3.05, 3.63) is 66.2 Å². The molecule has 2 aromatic rings. The average Bonchev–Trinajstić information content (AvgIpc) is 2.45. The van der Waals surface area contributed by atoms with Crippen molar-refractivity contribution in [2.75, 3.05) is 0 Å². The Balaban J connectivity index is 2.45. The van der Waals surface area contributed by atoms with E-state index in [9.17, 15) is 4.57 Å². The monoisotopic (exact) mass is 285 g/mol. The normalized spacial score (nSPS) is 15.2. The summed E-state index contributed by atoms with van der Waals surface area (Å²) >= 11 is 0. The SMILES string of the molecule is CC(C)(C)[P@@](=O)(N=Cc1ccccc1)c1ccccc1. The lowest BCUT2D eigenvalue weighted by atomic mass is 10.2. The lowest BCUT2D eigenvalue weighted by molar-refractivity contribution is 0.557. The third kappa shape index (κ3) is 3.08. The topological polar surface area (TPSA) is 29.4 Å². The summed E-state index contributed by atoms with van der Waals surface area (Å²) in [5.74, 6) is 0.